The predicted molar refractivity (Wildman–Crippen MR) is 286 cm³/mol. The Morgan fingerprint density at radius 3 is 1.35 bits per heavy atom. The van der Waals surface area contributed by atoms with E-state index in [0.717, 1.165) is 71.5 Å². The Bertz CT molecular complexity index is 4230. The molecule has 0 aliphatic rings. The number of hydrogen-bond acceptors (Lipinski definition) is 5. The van der Waals surface area contributed by atoms with Gasteiger partial charge in [0, 0.05) is 76.0 Å². The summed E-state index contributed by atoms with van der Waals surface area (Å²) in [5.74, 6) is 1.96. The average molecular weight is 899 g/mol. The van der Waals surface area contributed by atoms with Gasteiger partial charge in [-0.15, -0.1) is 11.3 Å². The molecule has 0 atom stereocenters. The summed E-state index contributed by atoms with van der Waals surface area (Å²) in [6, 6.07) is 79.7. The maximum absolute atomic E-state index is 5.14. The molecule has 14 aromatic rings. The maximum atomic E-state index is 5.14. The second-order valence-corrected chi connectivity index (χ2v) is 18.4. The van der Waals surface area contributed by atoms with Gasteiger partial charge in [-0.05, 0) is 101 Å². The van der Waals surface area contributed by atoms with Crippen LogP contribution in [0.4, 0.5) is 0 Å². The first-order chi connectivity index (χ1) is 34.2. The summed E-state index contributed by atoms with van der Waals surface area (Å²) in [6.45, 7) is 0. The van der Waals surface area contributed by atoms with E-state index in [0.29, 0.717) is 17.5 Å². The quantitative estimate of drug-likeness (QED) is 0.160. The minimum Gasteiger partial charge on any atom is -0.309 e. The predicted octanol–water partition coefficient (Wildman–Crippen LogP) is 16.2. The monoisotopic (exact) mass is 898 g/mol. The maximum Gasteiger partial charge on any atom is 0.165 e. The van der Waals surface area contributed by atoms with Crippen molar-refractivity contribution in [3.05, 3.63) is 231 Å². The third kappa shape index (κ3) is 6.39. The summed E-state index contributed by atoms with van der Waals surface area (Å²) in [4.78, 5) is 20.1. The zero-order valence-corrected chi connectivity index (χ0v) is 37.8. The van der Waals surface area contributed by atoms with Crippen molar-refractivity contribution in [2.75, 3.05) is 0 Å². The van der Waals surface area contributed by atoms with Gasteiger partial charge in [0.25, 0.3) is 0 Å². The number of thiophene rings is 1. The van der Waals surface area contributed by atoms with Crippen molar-refractivity contribution < 1.29 is 0 Å². The topological polar surface area (TPSA) is 61.4 Å². The van der Waals surface area contributed by atoms with E-state index in [2.05, 4.69) is 191 Å². The number of nitrogens with zero attached hydrogens (tertiary/aromatic N) is 6. The molecule has 5 heterocycles. The van der Waals surface area contributed by atoms with Gasteiger partial charge in [0.15, 0.2) is 17.5 Å². The Morgan fingerprint density at radius 1 is 0.304 bits per heavy atom. The van der Waals surface area contributed by atoms with Crippen molar-refractivity contribution in [1.82, 2.24) is 29.1 Å². The van der Waals surface area contributed by atoms with Crippen LogP contribution in [0.15, 0.2) is 231 Å². The van der Waals surface area contributed by atoms with Crippen LogP contribution in [0.3, 0.4) is 0 Å². The molecule has 69 heavy (non-hydrogen) atoms. The Balaban J connectivity index is 0.939. The second kappa shape index (κ2) is 15.8. The highest BCUT2D eigenvalue weighted by atomic mass is 32.1. The van der Waals surface area contributed by atoms with Gasteiger partial charge in [-0.3, -0.25) is 4.57 Å². The number of fused-ring (bicyclic) bond motifs is 9. The molecule has 0 spiro atoms. The smallest absolute Gasteiger partial charge is 0.165 e. The van der Waals surface area contributed by atoms with Gasteiger partial charge in [0.2, 0.25) is 0 Å². The standard InChI is InChI=1S/C62H38N6S/c1-5-16-39(17-6-1)59-64-60(40-18-7-2-8-19-40)66-61(65-59)50-27-14-26-48-47-25-13-24-46(57(47)69-58(48)50)43-31-34-55-53(38-43)52-37-42(29-32-54(52)67(55)44-20-9-3-10-21-44)41-30-33-56-51(36-41)49-28-15-35-63-62(49)68(56)45-22-11-4-12-23-45/h1-38H. The summed E-state index contributed by atoms with van der Waals surface area (Å²) >= 11 is 1.81. The Hall–Kier alpha value is -9.04. The summed E-state index contributed by atoms with van der Waals surface area (Å²) < 4.78 is 7.04. The number of rotatable bonds is 7. The van der Waals surface area contributed by atoms with Crippen LogP contribution in [0.25, 0.3) is 132 Å². The van der Waals surface area contributed by atoms with Gasteiger partial charge in [-0.1, -0.05) is 146 Å². The Kier molecular flexibility index (Phi) is 8.97. The molecule has 0 radical (unpaired) electrons. The van der Waals surface area contributed by atoms with Crippen LogP contribution in [0.5, 0.6) is 0 Å². The summed E-state index contributed by atoms with van der Waals surface area (Å²) in [7, 11) is 0. The minimum absolute atomic E-state index is 0.651. The molecule has 5 aromatic heterocycles. The van der Waals surface area contributed by atoms with Gasteiger partial charge in [-0.2, -0.15) is 0 Å². The summed E-state index contributed by atoms with van der Waals surface area (Å²) in [5.41, 5.74) is 14.2. The molecule has 0 saturated heterocycles. The van der Waals surface area contributed by atoms with Gasteiger partial charge in [-0.25, -0.2) is 19.9 Å². The molecule has 0 aliphatic carbocycles. The molecule has 7 heteroatoms. The number of aromatic nitrogens is 6. The van der Waals surface area contributed by atoms with Crippen LogP contribution in [0, 0.1) is 0 Å². The molecule has 0 bridgehead atoms. The Labute approximate surface area is 400 Å². The number of pyridine rings is 1. The molecule has 0 unspecified atom stereocenters. The summed E-state index contributed by atoms with van der Waals surface area (Å²) in [5, 5.41) is 7.11. The van der Waals surface area contributed by atoms with Crippen molar-refractivity contribution in [3.8, 4) is 67.8 Å². The molecule has 0 saturated carbocycles. The van der Waals surface area contributed by atoms with E-state index in [1.165, 1.54) is 42.8 Å². The lowest BCUT2D eigenvalue weighted by atomic mass is 9.98. The lowest BCUT2D eigenvalue weighted by Gasteiger charge is -2.09. The first-order valence-corrected chi connectivity index (χ1v) is 23.9. The van der Waals surface area contributed by atoms with Crippen LogP contribution >= 0.6 is 11.3 Å². The van der Waals surface area contributed by atoms with Gasteiger partial charge in [0.1, 0.15) is 5.65 Å². The van der Waals surface area contributed by atoms with Crippen LogP contribution in [-0.4, -0.2) is 29.1 Å². The van der Waals surface area contributed by atoms with E-state index in [1.807, 2.05) is 60.0 Å². The molecule has 9 aromatic carbocycles. The zero-order chi connectivity index (χ0) is 45.4. The van der Waals surface area contributed by atoms with Crippen molar-refractivity contribution in [3.63, 3.8) is 0 Å². The van der Waals surface area contributed by atoms with Crippen LogP contribution in [0.1, 0.15) is 0 Å². The van der Waals surface area contributed by atoms with Crippen LogP contribution < -0.4 is 0 Å². The van der Waals surface area contributed by atoms with Crippen molar-refractivity contribution in [2.24, 2.45) is 0 Å². The fourth-order valence-corrected chi connectivity index (χ4v) is 11.6. The normalized spacial score (nSPS) is 11.8. The molecule has 0 N–H and O–H groups in total. The molecule has 0 amide bonds. The van der Waals surface area contributed by atoms with Crippen molar-refractivity contribution >= 4 is 75.3 Å². The number of benzene rings is 9. The molecular formula is C62H38N6S. The van der Waals surface area contributed by atoms with E-state index in [4.69, 9.17) is 19.9 Å². The van der Waals surface area contributed by atoms with Crippen LogP contribution in [0.2, 0.25) is 0 Å². The average Bonchev–Trinajstić information content (AvgIpc) is 4.09. The van der Waals surface area contributed by atoms with E-state index >= 15 is 0 Å². The number of hydrogen-bond donors (Lipinski definition) is 0. The molecule has 322 valence electrons. The third-order valence-electron chi connectivity index (χ3n) is 13.4. The molecule has 0 aliphatic heterocycles. The van der Waals surface area contributed by atoms with E-state index in [9.17, 15) is 0 Å². The van der Waals surface area contributed by atoms with E-state index in [1.54, 1.807) is 0 Å². The highest BCUT2D eigenvalue weighted by Crippen LogP contribution is 2.45. The fraction of sp³-hybridized carbons (Fsp3) is 0. The SMILES string of the molecule is c1ccc(-c2nc(-c3ccccc3)nc(-c3cccc4c3sc3c(-c5ccc6c(c5)c5cc(-c7ccc8c(c7)c7cccnc7n8-c7ccccc7)ccc5n6-c5ccccc5)cccc34)n2)cc1. The van der Waals surface area contributed by atoms with E-state index in [-0.39, 0.29) is 0 Å². The number of para-hydroxylation sites is 2. The largest absolute Gasteiger partial charge is 0.309 e. The first kappa shape index (κ1) is 39.2. The minimum atomic E-state index is 0.651. The van der Waals surface area contributed by atoms with Crippen molar-refractivity contribution in [1.29, 1.82) is 0 Å². The van der Waals surface area contributed by atoms with Gasteiger partial charge >= 0.3 is 0 Å². The summed E-state index contributed by atoms with van der Waals surface area (Å²) in [6.07, 6.45) is 1.88. The molecule has 6 nitrogen and oxygen atoms in total. The highest BCUT2D eigenvalue weighted by molar-refractivity contribution is 7.26. The van der Waals surface area contributed by atoms with Crippen molar-refractivity contribution in [2.45, 2.75) is 0 Å². The van der Waals surface area contributed by atoms with Gasteiger partial charge in [0.05, 0.1) is 16.6 Å². The fourth-order valence-electron chi connectivity index (χ4n) is 10.2. The lowest BCUT2D eigenvalue weighted by Crippen LogP contribution is -2.00. The van der Waals surface area contributed by atoms with Crippen LogP contribution in [-0.2, 0) is 0 Å². The molecule has 14 rings (SSSR count). The highest BCUT2D eigenvalue weighted by Gasteiger charge is 2.21. The first-order valence-electron chi connectivity index (χ1n) is 23.1. The second-order valence-electron chi connectivity index (χ2n) is 17.4. The Morgan fingerprint density at radius 2 is 0.754 bits per heavy atom. The third-order valence-corrected chi connectivity index (χ3v) is 14.7. The molecular weight excluding hydrogens is 861 g/mol. The van der Waals surface area contributed by atoms with Gasteiger partial charge < -0.3 is 4.57 Å². The lowest BCUT2D eigenvalue weighted by molar-refractivity contribution is 1.08. The molecule has 0 fully saturated rings. The zero-order valence-electron chi connectivity index (χ0n) is 37.0. The van der Waals surface area contributed by atoms with E-state index < -0.39 is 0 Å².